The first-order valence-corrected chi connectivity index (χ1v) is 7.29. The third-order valence-electron chi connectivity index (χ3n) is 3.30. The molecule has 2 heteroatoms. The van der Waals surface area contributed by atoms with Crippen LogP contribution >= 0.6 is 11.3 Å². The molecule has 0 amide bonds. The molecule has 0 saturated heterocycles. The fourth-order valence-corrected chi connectivity index (χ4v) is 3.52. The Morgan fingerprint density at radius 3 is 2.82 bits per heavy atom. The van der Waals surface area contributed by atoms with Crippen molar-refractivity contribution in [3.63, 3.8) is 0 Å². The normalized spacial score (nSPS) is 15.0. The van der Waals surface area contributed by atoms with Gasteiger partial charge < -0.3 is 5.32 Å². The third kappa shape index (κ3) is 2.88. The molecule has 1 N–H and O–H groups in total. The van der Waals surface area contributed by atoms with Gasteiger partial charge in [0.2, 0.25) is 0 Å². The Kier molecular flexibility index (Phi) is 4.19. The SMILES string of the molecule is CCNC(C)CC(C)c1cccc2ccsc12. The lowest BCUT2D eigenvalue weighted by molar-refractivity contribution is 0.492. The smallest absolute Gasteiger partial charge is 0.0377 e. The Labute approximate surface area is 108 Å². The molecule has 2 atom stereocenters. The molecule has 2 unspecified atom stereocenters. The van der Waals surface area contributed by atoms with E-state index in [0.717, 1.165) is 6.54 Å². The van der Waals surface area contributed by atoms with Gasteiger partial charge in [0.05, 0.1) is 0 Å². The summed E-state index contributed by atoms with van der Waals surface area (Å²) in [6.07, 6.45) is 1.20. The molecule has 0 spiro atoms. The molecule has 0 aliphatic rings. The molecule has 0 aliphatic heterocycles. The number of nitrogens with one attached hydrogen (secondary N) is 1. The van der Waals surface area contributed by atoms with Crippen LogP contribution in [0.4, 0.5) is 0 Å². The summed E-state index contributed by atoms with van der Waals surface area (Å²) in [6.45, 7) is 7.83. The predicted octanol–water partition coefficient (Wildman–Crippen LogP) is 4.39. The average Bonchev–Trinajstić information content (AvgIpc) is 2.76. The van der Waals surface area contributed by atoms with Crippen molar-refractivity contribution in [2.45, 2.75) is 39.2 Å². The van der Waals surface area contributed by atoms with Crippen LogP contribution in [-0.4, -0.2) is 12.6 Å². The maximum Gasteiger partial charge on any atom is 0.0377 e. The highest BCUT2D eigenvalue weighted by Crippen LogP contribution is 2.31. The van der Waals surface area contributed by atoms with Crippen LogP contribution in [0.5, 0.6) is 0 Å². The van der Waals surface area contributed by atoms with Gasteiger partial charge in [-0.25, -0.2) is 0 Å². The van der Waals surface area contributed by atoms with E-state index in [1.165, 1.54) is 22.1 Å². The summed E-state index contributed by atoms with van der Waals surface area (Å²) in [5.41, 5.74) is 1.50. The molecular weight excluding hydrogens is 226 g/mol. The molecule has 0 bridgehead atoms. The van der Waals surface area contributed by atoms with Crippen molar-refractivity contribution in [3.8, 4) is 0 Å². The molecule has 1 aromatic heterocycles. The molecule has 0 radical (unpaired) electrons. The molecule has 2 rings (SSSR count). The van der Waals surface area contributed by atoms with Crippen LogP contribution in [0, 0.1) is 0 Å². The molecule has 1 heterocycles. The third-order valence-corrected chi connectivity index (χ3v) is 4.28. The summed E-state index contributed by atoms with van der Waals surface area (Å²) in [5, 5.41) is 7.07. The number of rotatable bonds is 5. The Bertz CT molecular complexity index is 474. The van der Waals surface area contributed by atoms with Crippen LogP contribution in [0.2, 0.25) is 0 Å². The van der Waals surface area contributed by atoms with Crippen molar-refractivity contribution < 1.29 is 0 Å². The Morgan fingerprint density at radius 2 is 2.06 bits per heavy atom. The van der Waals surface area contributed by atoms with Crippen molar-refractivity contribution in [2.24, 2.45) is 0 Å². The van der Waals surface area contributed by atoms with Gasteiger partial charge in [0.25, 0.3) is 0 Å². The van der Waals surface area contributed by atoms with Crippen molar-refractivity contribution in [3.05, 3.63) is 35.2 Å². The van der Waals surface area contributed by atoms with Gasteiger partial charge in [0, 0.05) is 10.7 Å². The molecule has 0 aliphatic carbocycles. The summed E-state index contributed by atoms with van der Waals surface area (Å²) in [5.74, 6) is 0.617. The van der Waals surface area contributed by atoms with Crippen molar-refractivity contribution in [1.82, 2.24) is 5.32 Å². The minimum absolute atomic E-state index is 0.588. The van der Waals surface area contributed by atoms with Crippen LogP contribution in [-0.2, 0) is 0 Å². The van der Waals surface area contributed by atoms with Crippen LogP contribution < -0.4 is 5.32 Å². The largest absolute Gasteiger partial charge is 0.315 e. The van der Waals surface area contributed by atoms with Crippen LogP contribution in [0.3, 0.4) is 0 Å². The fourth-order valence-electron chi connectivity index (χ4n) is 2.49. The predicted molar refractivity (Wildman–Crippen MR) is 78.0 cm³/mol. The summed E-state index contributed by atoms with van der Waals surface area (Å²) < 4.78 is 1.46. The highest BCUT2D eigenvalue weighted by atomic mass is 32.1. The Morgan fingerprint density at radius 1 is 1.24 bits per heavy atom. The van der Waals surface area contributed by atoms with Gasteiger partial charge in [-0.3, -0.25) is 0 Å². The van der Waals surface area contributed by atoms with E-state index in [4.69, 9.17) is 0 Å². The van der Waals surface area contributed by atoms with Crippen molar-refractivity contribution in [1.29, 1.82) is 0 Å². The molecule has 1 aromatic carbocycles. The fraction of sp³-hybridized carbons (Fsp3) is 0.467. The zero-order valence-electron chi connectivity index (χ0n) is 10.9. The average molecular weight is 247 g/mol. The quantitative estimate of drug-likeness (QED) is 0.826. The molecule has 17 heavy (non-hydrogen) atoms. The van der Waals surface area contributed by atoms with Crippen LogP contribution in [0.25, 0.3) is 10.1 Å². The first-order chi connectivity index (χ1) is 8.22. The second-order valence-electron chi connectivity index (χ2n) is 4.78. The molecule has 0 fully saturated rings. The van der Waals surface area contributed by atoms with Crippen molar-refractivity contribution >= 4 is 21.4 Å². The van der Waals surface area contributed by atoms with E-state index in [2.05, 4.69) is 55.7 Å². The number of hydrogen-bond acceptors (Lipinski definition) is 2. The van der Waals surface area contributed by atoms with Gasteiger partial charge in [0.15, 0.2) is 0 Å². The van der Waals surface area contributed by atoms with E-state index >= 15 is 0 Å². The zero-order chi connectivity index (χ0) is 12.3. The highest BCUT2D eigenvalue weighted by Gasteiger charge is 2.13. The lowest BCUT2D eigenvalue weighted by Gasteiger charge is -2.18. The first kappa shape index (κ1) is 12.6. The van der Waals surface area contributed by atoms with Crippen molar-refractivity contribution in [2.75, 3.05) is 6.54 Å². The minimum atomic E-state index is 0.588. The lowest BCUT2D eigenvalue weighted by atomic mass is 9.93. The molecule has 2 aromatic rings. The van der Waals surface area contributed by atoms with E-state index in [1.54, 1.807) is 0 Å². The molecule has 92 valence electrons. The summed E-state index contributed by atoms with van der Waals surface area (Å²) >= 11 is 1.86. The summed E-state index contributed by atoms with van der Waals surface area (Å²) in [7, 11) is 0. The monoisotopic (exact) mass is 247 g/mol. The lowest BCUT2D eigenvalue weighted by Crippen LogP contribution is -2.26. The first-order valence-electron chi connectivity index (χ1n) is 6.42. The minimum Gasteiger partial charge on any atom is -0.315 e. The van der Waals surface area contributed by atoms with E-state index in [0.29, 0.717) is 12.0 Å². The van der Waals surface area contributed by atoms with E-state index in [9.17, 15) is 0 Å². The maximum absolute atomic E-state index is 3.49. The topological polar surface area (TPSA) is 12.0 Å². The molecular formula is C15H21NS. The number of benzene rings is 1. The summed E-state index contributed by atoms with van der Waals surface area (Å²) in [6, 6.07) is 9.46. The summed E-state index contributed by atoms with van der Waals surface area (Å²) in [4.78, 5) is 0. The van der Waals surface area contributed by atoms with E-state index in [-0.39, 0.29) is 0 Å². The molecule has 1 nitrogen and oxygen atoms in total. The van der Waals surface area contributed by atoms with E-state index in [1.807, 2.05) is 11.3 Å². The second-order valence-corrected chi connectivity index (χ2v) is 5.70. The van der Waals surface area contributed by atoms with Gasteiger partial charge in [0.1, 0.15) is 0 Å². The number of hydrogen-bond donors (Lipinski definition) is 1. The highest BCUT2D eigenvalue weighted by molar-refractivity contribution is 7.17. The maximum atomic E-state index is 3.49. The van der Waals surface area contributed by atoms with Gasteiger partial charge in [-0.05, 0) is 48.2 Å². The van der Waals surface area contributed by atoms with Gasteiger partial charge >= 0.3 is 0 Å². The van der Waals surface area contributed by atoms with Crippen LogP contribution in [0.1, 0.15) is 38.7 Å². The zero-order valence-corrected chi connectivity index (χ0v) is 11.7. The second kappa shape index (κ2) is 5.65. The van der Waals surface area contributed by atoms with Crippen LogP contribution in [0.15, 0.2) is 29.6 Å². The standard InChI is InChI=1S/C15H21NS/c1-4-16-12(3)10-11(2)14-7-5-6-13-8-9-17-15(13)14/h5-9,11-12,16H,4,10H2,1-3H3. The Hall–Kier alpha value is -0.860. The number of fused-ring (bicyclic) bond motifs is 1. The van der Waals surface area contributed by atoms with E-state index < -0.39 is 0 Å². The van der Waals surface area contributed by atoms with Gasteiger partial charge in [-0.1, -0.05) is 32.0 Å². The van der Waals surface area contributed by atoms with Gasteiger partial charge in [-0.2, -0.15) is 0 Å². The van der Waals surface area contributed by atoms with Gasteiger partial charge in [-0.15, -0.1) is 11.3 Å². The number of thiophene rings is 1. The Balaban J connectivity index is 2.18. The molecule has 0 saturated carbocycles.